The molecule has 0 saturated heterocycles. The zero-order valence-electron chi connectivity index (χ0n) is 10.1. The Morgan fingerprint density at radius 3 is 2.53 bits per heavy atom. The molecule has 7 heteroatoms. The standard InChI is InChI=1S/C12H12N4O3/c1-6-4-7(12(18)19)2-3-9(6)16-5-8(13)10(15-16)11(14)17/h2-5H,13H2,1H3,(H2,14,17)(H,18,19). The van der Waals surface area contributed by atoms with Crippen molar-refractivity contribution in [2.24, 2.45) is 5.73 Å². The number of carboxylic acid groups (broad SMARTS) is 1. The second kappa shape index (κ2) is 4.45. The van der Waals surface area contributed by atoms with Crippen molar-refractivity contribution in [3.05, 3.63) is 41.2 Å². The van der Waals surface area contributed by atoms with Gasteiger partial charge in [0.1, 0.15) is 0 Å². The molecule has 0 aliphatic heterocycles. The van der Waals surface area contributed by atoms with Gasteiger partial charge in [0.2, 0.25) is 0 Å². The van der Waals surface area contributed by atoms with Crippen LogP contribution >= 0.6 is 0 Å². The molecule has 98 valence electrons. The van der Waals surface area contributed by atoms with Gasteiger partial charge in [-0.05, 0) is 30.7 Å². The predicted molar refractivity (Wildman–Crippen MR) is 68.2 cm³/mol. The molecule has 5 N–H and O–H groups in total. The maximum atomic E-state index is 11.1. The monoisotopic (exact) mass is 260 g/mol. The summed E-state index contributed by atoms with van der Waals surface area (Å²) in [6.07, 6.45) is 1.46. The third-order valence-electron chi connectivity index (χ3n) is 2.67. The summed E-state index contributed by atoms with van der Waals surface area (Å²) in [6, 6.07) is 4.56. The van der Waals surface area contributed by atoms with Gasteiger partial charge in [0.25, 0.3) is 5.91 Å². The Kier molecular flexibility index (Phi) is 2.95. The lowest BCUT2D eigenvalue weighted by molar-refractivity contribution is 0.0696. The van der Waals surface area contributed by atoms with Crippen LogP contribution in [0.5, 0.6) is 0 Å². The molecule has 2 rings (SSSR count). The zero-order chi connectivity index (χ0) is 14.2. The van der Waals surface area contributed by atoms with Crippen LogP contribution in [0.2, 0.25) is 0 Å². The van der Waals surface area contributed by atoms with E-state index in [1.54, 1.807) is 13.0 Å². The summed E-state index contributed by atoms with van der Waals surface area (Å²) in [5, 5.41) is 12.9. The SMILES string of the molecule is Cc1cc(C(=O)O)ccc1-n1cc(N)c(C(N)=O)n1. The van der Waals surface area contributed by atoms with Crippen molar-refractivity contribution >= 4 is 17.6 Å². The Morgan fingerprint density at radius 1 is 1.37 bits per heavy atom. The molecule has 7 nitrogen and oxygen atoms in total. The van der Waals surface area contributed by atoms with Crippen LogP contribution in [0.15, 0.2) is 24.4 Å². The number of carboxylic acids is 1. The number of nitrogen functional groups attached to an aromatic ring is 1. The minimum atomic E-state index is -1.01. The second-order valence-electron chi connectivity index (χ2n) is 4.05. The van der Waals surface area contributed by atoms with Crippen LogP contribution in [-0.4, -0.2) is 26.8 Å². The van der Waals surface area contributed by atoms with Gasteiger partial charge in [-0.1, -0.05) is 0 Å². The van der Waals surface area contributed by atoms with Crippen molar-refractivity contribution in [3.8, 4) is 5.69 Å². The number of anilines is 1. The maximum Gasteiger partial charge on any atom is 0.335 e. The highest BCUT2D eigenvalue weighted by atomic mass is 16.4. The van der Waals surface area contributed by atoms with Crippen molar-refractivity contribution in [1.29, 1.82) is 0 Å². The number of aryl methyl sites for hydroxylation is 1. The van der Waals surface area contributed by atoms with Crippen LogP contribution in [0.3, 0.4) is 0 Å². The fourth-order valence-electron chi connectivity index (χ4n) is 1.75. The number of aromatic nitrogens is 2. The smallest absolute Gasteiger partial charge is 0.335 e. The van der Waals surface area contributed by atoms with E-state index in [9.17, 15) is 9.59 Å². The summed E-state index contributed by atoms with van der Waals surface area (Å²) in [7, 11) is 0. The highest BCUT2D eigenvalue weighted by Crippen LogP contribution is 2.18. The van der Waals surface area contributed by atoms with E-state index < -0.39 is 11.9 Å². The Balaban J connectivity index is 2.50. The van der Waals surface area contributed by atoms with Crippen molar-refractivity contribution in [2.75, 3.05) is 5.73 Å². The molecule has 2 aromatic rings. The first-order chi connectivity index (χ1) is 8.90. The molecular weight excluding hydrogens is 248 g/mol. The largest absolute Gasteiger partial charge is 0.478 e. The van der Waals surface area contributed by atoms with Crippen molar-refractivity contribution in [1.82, 2.24) is 9.78 Å². The molecule has 0 saturated carbocycles. The molecule has 0 aliphatic rings. The fraction of sp³-hybridized carbons (Fsp3) is 0.0833. The number of benzene rings is 1. The molecule has 19 heavy (non-hydrogen) atoms. The van der Waals surface area contributed by atoms with Gasteiger partial charge in [-0.15, -0.1) is 0 Å². The van der Waals surface area contributed by atoms with E-state index in [1.807, 2.05) is 0 Å². The first kappa shape index (κ1) is 12.6. The summed E-state index contributed by atoms with van der Waals surface area (Å²) >= 11 is 0. The molecule has 0 radical (unpaired) electrons. The molecule has 0 bridgehead atoms. The lowest BCUT2D eigenvalue weighted by Crippen LogP contribution is -2.14. The number of nitrogens with two attached hydrogens (primary N) is 2. The first-order valence-corrected chi connectivity index (χ1v) is 5.39. The summed E-state index contributed by atoms with van der Waals surface area (Å²) in [6.45, 7) is 1.74. The number of hydrogen-bond acceptors (Lipinski definition) is 4. The van der Waals surface area contributed by atoms with E-state index in [4.69, 9.17) is 16.6 Å². The van der Waals surface area contributed by atoms with Crippen molar-refractivity contribution in [3.63, 3.8) is 0 Å². The zero-order valence-corrected chi connectivity index (χ0v) is 10.1. The average molecular weight is 260 g/mol. The van der Waals surface area contributed by atoms with Gasteiger partial charge in [-0.25, -0.2) is 9.48 Å². The highest BCUT2D eigenvalue weighted by Gasteiger charge is 2.14. The number of carbonyl (C=O) groups excluding carboxylic acids is 1. The molecule has 1 aromatic carbocycles. The molecule has 0 atom stereocenters. The molecule has 0 aliphatic carbocycles. The van der Waals surface area contributed by atoms with E-state index in [2.05, 4.69) is 5.10 Å². The Bertz CT molecular complexity index is 676. The van der Waals surface area contributed by atoms with Crippen LogP contribution in [0.25, 0.3) is 5.69 Å². The summed E-state index contributed by atoms with van der Waals surface area (Å²) in [5.41, 5.74) is 12.4. The number of amides is 1. The van der Waals surface area contributed by atoms with Crippen molar-refractivity contribution in [2.45, 2.75) is 6.92 Å². The van der Waals surface area contributed by atoms with Crippen LogP contribution in [0.1, 0.15) is 26.4 Å². The van der Waals surface area contributed by atoms with E-state index in [0.29, 0.717) is 11.3 Å². The lowest BCUT2D eigenvalue weighted by atomic mass is 10.1. The summed E-state index contributed by atoms with van der Waals surface area (Å²) in [4.78, 5) is 21.9. The number of rotatable bonds is 3. The van der Waals surface area contributed by atoms with Crippen molar-refractivity contribution < 1.29 is 14.7 Å². The second-order valence-corrected chi connectivity index (χ2v) is 4.05. The van der Waals surface area contributed by atoms with E-state index in [1.165, 1.54) is 23.0 Å². The van der Waals surface area contributed by atoms with Gasteiger partial charge >= 0.3 is 5.97 Å². The minimum absolute atomic E-state index is 0.0123. The molecule has 1 amide bonds. The minimum Gasteiger partial charge on any atom is -0.478 e. The Morgan fingerprint density at radius 2 is 2.05 bits per heavy atom. The third-order valence-corrected chi connectivity index (χ3v) is 2.67. The third kappa shape index (κ3) is 2.25. The molecule has 0 spiro atoms. The number of nitrogens with zero attached hydrogens (tertiary/aromatic N) is 2. The van der Waals surface area contributed by atoms with E-state index in [-0.39, 0.29) is 16.9 Å². The van der Waals surface area contributed by atoms with Crippen LogP contribution in [-0.2, 0) is 0 Å². The quantitative estimate of drug-likeness (QED) is 0.743. The van der Waals surface area contributed by atoms with E-state index >= 15 is 0 Å². The number of hydrogen-bond donors (Lipinski definition) is 3. The highest BCUT2D eigenvalue weighted by molar-refractivity contribution is 5.95. The Labute approximate surface area is 108 Å². The van der Waals surface area contributed by atoms with Gasteiger partial charge in [0.05, 0.1) is 23.1 Å². The number of aromatic carboxylic acids is 1. The predicted octanol–water partition coefficient (Wildman–Crippen LogP) is 0.560. The van der Waals surface area contributed by atoms with Crippen LogP contribution in [0, 0.1) is 6.92 Å². The number of primary amides is 1. The summed E-state index contributed by atoms with van der Waals surface area (Å²) < 4.78 is 1.40. The normalized spacial score (nSPS) is 10.4. The fourth-order valence-corrected chi connectivity index (χ4v) is 1.75. The molecule has 0 fully saturated rings. The van der Waals surface area contributed by atoms with Crippen LogP contribution in [0.4, 0.5) is 5.69 Å². The average Bonchev–Trinajstić information content (AvgIpc) is 2.71. The van der Waals surface area contributed by atoms with Gasteiger partial charge < -0.3 is 16.6 Å². The van der Waals surface area contributed by atoms with Gasteiger partial charge in [-0.3, -0.25) is 4.79 Å². The molecule has 1 heterocycles. The van der Waals surface area contributed by atoms with Gasteiger partial charge in [0.15, 0.2) is 5.69 Å². The Hall–Kier alpha value is -2.83. The maximum absolute atomic E-state index is 11.1. The molecular formula is C12H12N4O3. The lowest BCUT2D eigenvalue weighted by Gasteiger charge is -2.06. The number of carbonyl (C=O) groups is 2. The molecule has 1 aromatic heterocycles. The first-order valence-electron chi connectivity index (χ1n) is 5.39. The van der Waals surface area contributed by atoms with Gasteiger partial charge in [-0.2, -0.15) is 5.10 Å². The summed E-state index contributed by atoms with van der Waals surface area (Å²) in [5.74, 6) is -1.72. The van der Waals surface area contributed by atoms with E-state index in [0.717, 1.165) is 0 Å². The topological polar surface area (TPSA) is 124 Å². The molecule has 0 unspecified atom stereocenters. The van der Waals surface area contributed by atoms with Gasteiger partial charge in [0, 0.05) is 0 Å². The van der Waals surface area contributed by atoms with Crippen LogP contribution < -0.4 is 11.5 Å².